The lowest BCUT2D eigenvalue weighted by Crippen LogP contribution is -2.10. The molecule has 0 heterocycles. The zero-order valence-corrected chi connectivity index (χ0v) is 12.3. The molecule has 0 fully saturated rings. The van der Waals surface area contributed by atoms with E-state index < -0.39 is 0 Å². The zero-order chi connectivity index (χ0) is 10.8. The summed E-state index contributed by atoms with van der Waals surface area (Å²) < 4.78 is 7.86. The molecule has 1 unspecified atom stereocenters. The molecule has 15 heavy (non-hydrogen) atoms. The summed E-state index contributed by atoms with van der Waals surface area (Å²) in [6.45, 7) is 0. The standard InChI is InChI=1S/C11H9BrClIO/c12-7-5-9(13)11(10(14)6-7)15-8-3-1-2-4-8/h1,3,5-6,8H,2,4H2. The Hall–Kier alpha value is 0.260. The van der Waals surface area contributed by atoms with Crippen LogP contribution in [0.3, 0.4) is 0 Å². The molecule has 0 aliphatic heterocycles. The lowest BCUT2D eigenvalue weighted by molar-refractivity contribution is 0.247. The van der Waals surface area contributed by atoms with Gasteiger partial charge >= 0.3 is 0 Å². The topological polar surface area (TPSA) is 9.23 Å². The maximum atomic E-state index is 6.13. The van der Waals surface area contributed by atoms with E-state index in [4.69, 9.17) is 16.3 Å². The number of benzene rings is 1. The van der Waals surface area contributed by atoms with E-state index in [2.05, 4.69) is 50.7 Å². The molecule has 0 aromatic heterocycles. The molecule has 2 rings (SSSR count). The Bertz CT molecular complexity index is 383. The smallest absolute Gasteiger partial charge is 0.152 e. The highest BCUT2D eigenvalue weighted by Gasteiger charge is 2.15. The number of hydrogen-bond donors (Lipinski definition) is 0. The molecule has 1 aliphatic rings. The van der Waals surface area contributed by atoms with E-state index in [1.807, 2.05) is 12.1 Å². The number of halogens is 3. The largest absolute Gasteiger partial charge is 0.484 e. The molecular formula is C11H9BrClIO. The van der Waals surface area contributed by atoms with Gasteiger partial charge in [0.1, 0.15) is 6.10 Å². The SMILES string of the molecule is Clc1cc(Br)cc(I)c1OC1C=CCC1. The van der Waals surface area contributed by atoms with E-state index in [1.165, 1.54) is 0 Å². The van der Waals surface area contributed by atoms with Crippen molar-refractivity contribution in [1.82, 2.24) is 0 Å². The van der Waals surface area contributed by atoms with Crippen LogP contribution in [0.2, 0.25) is 5.02 Å². The predicted molar refractivity (Wildman–Crippen MR) is 74.7 cm³/mol. The average molecular weight is 399 g/mol. The van der Waals surface area contributed by atoms with Crippen LogP contribution in [0.1, 0.15) is 12.8 Å². The van der Waals surface area contributed by atoms with Crippen LogP contribution in [0.25, 0.3) is 0 Å². The van der Waals surface area contributed by atoms with E-state index >= 15 is 0 Å². The second kappa shape index (κ2) is 5.06. The van der Waals surface area contributed by atoms with Crippen molar-refractivity contribution < 1.29 is 4.74 Å². The van der Waals surface area contributed by atoms with Gasteiger partial charge in [0.2, 0.25) is 0 Å². The highest BCUT2D eigenvalue weighted by atomic mass is 127. The van der Waals surface area contributed by atoms with Gasteiger partial charge in [0, 0.05) is 4.47 Å². The highest BCUT2D eigenvalue weighted by molar-refractivity contribution is 14.1. The van der Waals surface area contributed by atoms with Crippen LogP contribution < -0.4 is 4.74 Å². The molecule has 0 bridgehead atoms. The molecule has 80 valence electrons. The third-order valence-corrected chi connectivity index (χ3v) is 3.74. The summed E-state index contributed by atoms with van der Waals surface area (Å²) in [4.78, 5) is 0. The van der Waals surface area contributed by atoms with Crippen LogP contribution in [-0.2, 0) is 0 Å². The first-order chi connectivity index (χ1) is 7.16. The summed E-state index contributed by atoms with van der Waals surface area (Å²) in [5.41, 5.74) is 0. The summed E-state index contributed by atoms with van der Waals surface area (Å²) in [6, 6.07) is 3.86. The highest BCUT2D eigenvalue weighted by Crippen LogP contribution is 2.35. The fraction of sp³-hybridized carbons (Fsp3) is 0.273. The van der Waals surface area contributed by atoms with E-state index in [0.29, 0.717) is 5.02 Å². The van der Waals surface area contributed by atoms with Gasteiger partial charge in [-0.1, -0.05) is 33.6 Å². The van der Waals surface area contributed by atoms with Gasteiger partial charge in [-0.25, -0.2) is 0 Å². The van der Waals surface area contributed by atoms with Crippen LogP contribution in [0.15, 0.2) is 28.8 Å². The number of allylic oxidation sites excluding steroid dienone is 1. The second-order valence-corrected chi connectivity index (χ2v) is 5.85. The minimum Gasteiger partial charge on any atom is -0.484 e. The molecule has 0 amide bonds. The molecule has 1 aromatic rings. The summed E-state index contributed by atoms with van der Waals surface area (Å²) in [5, 5.41) is 0.661. The van der Waals surface area contributed by atoms with Crippen molar-refractivity contribution in [1.29, 1.82) is 0 Å². The van der Waals surface area contributed by atoms with Crippen molar-refractivity contribution in [2.45, 2.75) is 18.9 Å². The average Bonchev–Trinajstić information content (AvgIpc) is 2.63. The Morgan fingerprint density at radius 3 is 2.87 bits per heavy atom. The van der Waals surface area contributed by atoms with Gasteiger partial charge in [0.15, 0.2) is 5.75 Å². The van der Waals surface area contributed by atoms with Crippen LogP contribution in [0.4, 0.5) is 0 Å². The molecule has 0 saturated carbocycles. The number of hydrogen-bond acceptors (Lipinski definition) is 1. The molecule has 1 aromatic carbocycles. The van der Waals surface area contributed by atoms with E-state index in [9.17, 15) is 0 Å². The van der Waals surface area contributed by atoms with Crippen LogP contribution >= 0.6 is 50.1 Å². The molecule has 0 saturated heterocycles. The maximum Gasteiger partial charge on any atom is 0.152 e. The Kier molecular flexibility index (Phi) is 3.96. The number of rotatable bonds is 2. The molecular weight excluding hydrogens is 390 g/mol. The first-order valence-corrected chi connectivity index (χ1v) is 6.89. The summed E-state index contributed by atoms with van der Waals surface area (Å²) in [5.74, 6) is 0.789. The first-order valence-electron chi connectivity index (χ1n) is 4.64. The Labute approximate surface area is 116 Å². The monoisotopic (exact) mass is 398 g/mol. The molecule has 1 nitrogen and oxygen atoms in total. The van der Waals surface area contributed by atoms with Crippen molar-refractivity contribution in [3.05, 3.63) is 37.4 Å². The minimum atomic E-state index is 0.178. The molecule has 0 radical (unpaired) electrons. The summed E-state index contributed by atoms with van der Waals surface area (Å²) >= 11 is 11.8. The van der Waals surface area contributed by atoms with Gasteiger partial charge < -0.3 is 4.74 Å². The lowest BCUT2D eigenvalue weighted by atomic mass is 10.3. The molecule has 0 spiro atoms. The van der Waals surface area contributed by atoms with Gasteiger partial charge in [0.05, 0.1) is 8.59 Å². The first kappa shape index (κ1) is 11.7. The van der Waals surface area contributed by atoms with E-state index in [0.717, 1.165) is 26.6 Å². The molecule has 1 aliphatic carbocycles. The fourth-order valence-electron chi connectivity index (χ4n) is 1.50. The van der Waals surface area contributed by atoms with Crippen LogP contribution in [0.5, 0.6) is 5.75 Å². The molecule has 4 heteroatoms. The predicted octanol–water partition coefficient (Wildman–Crippen LogP) is 4.80. The van der Waals surface area contributed by atoms with Gasteiger partial charge in [-0.05, 0) is 53.6 Å². The third-order valence-electron chi connectivity index (χ3n) is 2.20. The molecule has 0 N–H and O–H groups in total. The lowest BCUT2D eigenvalue weighted by Gasteiger charge is -2.15. The van der Waals surface area contributed by atoms with Crippen molar-refractivity contribution in [3.63, 3.8) is 0 Å². The van der Waals surface area contributed by atoms with Gasteiger partial charge in [-0.3, -0.25) is 0 Å². The quantitative estimate of drug-likeness (QED) is 0.513. The van der Waals surface area contributed by atoms with Crippen molar-refractivity contribution >= 4 is 50.1 Å². The number of ether oxygens (including phenoxy) is 1. The maximum absolute atomic E-state index is 6.13. The van der Waals surface area contributed by atoms with Crippen molar-refractivity contribution in [2.75, 3.05) is 0 Å². The summed E-state index contributed by atoms with van der Waals surface area (Å²) in [6.07, 6.45) is 6.55. The van der Waals surface area contributed by atoms with Gasteiger partial charge in [0.25, 0.3) is 0 Å². The van der Waals surface area contributed by atoms with Gasteiger partial charge in [-0.15, -0.1) is 0 Å². The Balaban J connectivity index is 2.23. The zero-order valence-electron chi connectivity index (χ0n) is 7.84. The van der Waals surface area contributed by atoms with E-state index in [-0.39, 0.29) is 6.10 Å². The van der Waals surface area contributed by atoms with E-state index in [1.54, 1.807) is 0 Å². The third kappa shape index (κ3) is 2.88. The fourth-order valence-corrected chi connectivity index (χ4v) is 3.69. The summed E-state index contributed by atoms with van der Waals surface area (Å²) in [7, 11) is 0. The molecule has 1 atom stereocenters. The van der Waals surface area contributed by atoms with Gasteiger partial charge in [-0.2, -0.15) is 0 Å². The Morgan fingerprint density at radius 2 is 2.27 bits per heavy atom. The van der Waals surface area contributed by atoms with Crippen molar-refractivity contribution in [3.8, 4) is 5.75 Å². The second-order valence-electron chi connectivity index (χ2n) is 3.36. The van der Waals surface area contributed by atoms with Crippen LogP contribution in [0, 0.1) is 3.57 Å². The van der Waals surface area contributed by atoms with Crippen molar-refractivity contribution in [2.24, 2.45) is 0 Å². The Morgan fingerprint density at radius 1 is 1.47 bits per heavy atom. The normalized spacial score (nSPS) is 19.5. The van der Waals surface area contributed by atoms with Crippen LogP contribution in [-0.4, -0.2) is 6.10 Å². The minimum absolute atomic E-state index is 0.178.